The standard InChI is InChI=1S/C15H17N5O2S/c1-5-11-16-9(7-23-11)14(21)17-13-12-10(20(4)18-13)6-8(2)19(3)15(12)22/h6-7H,5H2,1-4H3,(H,17,18,21). The Morgan fingerprint density at radius 2 is 2.13 bits per heavy atom. The lowest BCUT2D eigenvalue weighted by molar-refractivity contribution is 0.102. The molecule has 0 aliphatic rings. The Kier molecular flexibility index (Phi) is 3.77. The monoisotopic (exact) mass is 331 g/mol. The third-order valence-corrected chi connectivity index (χ3v) is 4.80. The SMILES string of the molecule is CCc1nc(C(=O)Nc2nn(C)c3cc(C)n(C)c(=O)c23)cs1. The second-order valence-corrected chi connectivity index (χ2v) is 6.26. The summed E-state index contributed by atoms with van der Waals surface area (Å²) in [5.74, 6) is -0.0947. The van der Waals surface area contributed by atoms with Gasteiger partial charge < -0.3 is 9.88 Å². The Morgan fingerprint density at radius 3 is 2.78 bits per heavy atom. The fraction of sp³-hybridized carbons (Fsp3) is 0.333. The molecule has 0 aliphatic heterocycles. The topological polar surface area (TPSA) is 81.8 Å². The Hall–Kier alpha value is -2.48. The predicted octanol–water partition coefficient (Wildman–Crippen LogP) is 1.85. The average Bonchev–Trinajstić information content (AvgIpc) is 3.11. The van der Waals surface area contributed by atoms with Crippen molar-refractivity contribution in [3.05, 3.63) is 38.2 Å². The Labute approximate surface area is 136 Å². The molecule has 3 aromatic rings. The van der Waals surface area contributed by atoms with Crippen LogP contribution in [-0.4, -0.2) is 25.2 Å². The number of carbonyl (C=O) groups excluding carboxylic acids is 1. The van der Waals surface area contributed by atoms with E-state index in [0.29, 0.717) is 16.6 Å². The average molecular weight is 331 g/mol. The first-order chi connectivity index (χ1) is 10.9. The largest absolute Gasteiger partial charge is 0.315 e. The Bertz CT molecular complexity index is 966. The maximum Gasteiger partial charge on any atom is 0.276 e. The molecule has 8 heteroatoms. The molecular formula is C15H17N5O2S. The number of anilines is 1. The van der Waals surface area contributed by atoms with Gasteiger partial charge >= 0.3 is 0 Å². The van der Waals surface area contributed by atoms with E-state index >= 15 is 0 Å². The maximum absolute atomic E-state index is 12.5. The van der Waals surface area contributed by atoms with Gasteiger partial charge in [-0.25, -0.2) is 4.98 Å². The van der Waals surface area contributed by atoms with Crippen molar-refractivity contribution < 1.29 is 4.79 Å². The summed E-state index contributed by atoms with van der Waals surface area (Å²) in [6.07, 6.45) is 0.782. The summed E-state index contributed by atoms with van der Waals surface area (Å²) < 4.78 is 3.13. The molecule has 0 saturated carbocycles. The van der Waals surface area contributed by atoms with Crippen molar-refractivity contribution in [2.45, 2.75) is 20.3 Å². The highest BCUT2D eigenvalue weighted by Gasteiger charge is 2.18. The summed E-state index contributed by atoms with van der Waals surface area (Å²) in [7, 11) is 3.44. The van der Waals surface area contributed by atoms with Crippen LogP contribution in [0.1, 0.15) is 28.1 Å². The molecule has 1 N–H and O–H groups in total. The number of rotatable bonds is 3. The lowest BCUT2D eigenvalue weighted by Crippen LogP contribution is -2.20. The molecule has 0 atom stereocenters. The van der Waals surface area contributed by atoms with Gasteiger partial charge in [-0.1, -0.05) is 6.92 Å². The molecule has 0 unspecified atom stereocenters. The van der Waals surface area contributed by atoms with Gasteiger partial charge in [-0.3, -0.25) is 14.3 Å². The molecule has 3 rings (SSSR count). The fourth-order valence-corrected chi connectivity index (χ4v) is 3.10. The van der Waals surface area contributed by atoms with Crippen LogP contribution in [0.4, 0.5) is 5.82 Å². The molecule has 1 amide bonds. The van der Waals surface area contributed by atoms with E-state index in [9.17, 15) is 9.59 Å². The zero-order valence-electron chi connectivity index (χ0n) is 13.4. The predicted molar refractivity (Wildman–Crippen MR) is 90.1 cm³/mol. The number of aryl methyl sites for hydroxylation is 3. The van der Waals surface area contributed by atoms with E-state index < -0.39 is 0 Å². The number of hydrogen-bond acceptors (Lipinski definition) is 5. The zero-order chi connectivity index (χ0) is 16.7. The van der Waals surface area contributed by atoms with Crippen molar-refractivity contribution in [3.63, 3.8) is 0 Å². The van der Waals surface area contributed by atoms with Crippen LogP contribution in [-0.2, 0) is 20.5 Å². The number of carbonyl (C=O) groups is 1. The number of amides is 1. The lowest BCUT2D eigenvalue weighted by Gasteiger charge is -2.04. The summed E-state index contributed by atoms with van der Waals surface area (Å²) in [6.45, 7) is 3.84. The van der Waals surface area contributed by atoms with E-state index in [-0.39, 0.29) is 17.3 Å². The van der Waals surface area contributed by atoms with Gasteiger partial charge in [-0.05, 0) is 19.4 Å². The number of hydrogen-bond donors (Lipinski definition) is 1. The molecule has 23 heavy (non-hydrogen) atoms. The molecule has 0 aromatic carbocycles. The third-order valence-electron chi connectivity index (χ3n) is 3.80. The first kappa shape index (κ1) is 15.4. The molecule has 0 bridgehead atoms. The van der Waals surface area contributed by atoms with Gasteiger partial charge in [0.1, 0.15) is 11.1 Å². The summed E-state index contributed by atoms with van der Waals surface area (Å²) >= 11 is 1.44. The molecule has 120 valence electrons. The van der Waals surface area contributed by atoms with Crippen molar-refractivity contribution in [2.75, 3.05) is 5.32 Å². The van der Waals surface area contributed by atoms with Crippen molar-refractivity contribution in [1.82, 2.24) is 19.3 Å². The number of nitrogens with one attached hydrogen (secondary N) is 1. The summed E-state index contributed by atoms with van der Waals surface area (Å²) in [4.78, 5) is 29.1. The summed E-state index contributed by atoms with van der Waals surface area (Å²) in [5.41, 5.74) is 1.68. The smallest absolute Gasteiger partial charge is 0.276 e. The maximum atomic E-state index is 12.5. The highest BCUT2D eigenvalue weighted by Crippen LogP contribution is 2.20. The van der Waals surface area contributed by atoms with Crippen LogP contribution in [0.2, 0.25) is 0 Å². The number of fused-ring (bicyclic) bond motifs is 1. The molecule has 0 saturated heterocycles. The molecule has 0 fully saturated rings. The van der Waals surface area contributed by atoms with Crippen LogP contribution >= 0.6 is 11.3 Å². The van der Waals surface area contributed by atoms with E-state index in [1.54, 1.807) is 24.2 Å². The minimum absolute atomic E-state index is 0.184. The molecular weight excluding hydrogens is 314 g/mol. The molecule has 0 spiro atoms. The van der Waals surface area contributed by atoms with Crippen LogP contribution in [0, 0.1) is 6.92 Å². The number of thiazole rings is 1. The van der Waals surface area contributed by atoms with E-state index in [1.165, 1.54) is 15.9 Å². The zero-order valence-corrected chi connectivity index (χ0v) is 14.2. The first-order valence-electron chi connectivity index (χ1n) is 7.21. The van der Waals surface area contributed by atoms with Gasteiger partial charge in [0.2, 0.25) is 0 Å². The van der Waals surface area contributed by atoms with Crippen LogP contribution in [0.3, 0.4) is 0 Å². The normalized spacial score (nSPS) is 11.1. The van der Waals surface area contributed by atoms with Crippen molar-refractivity contribution in [3.8, 4) is 0 Å². The fourth-order valence-electron chi connectivity index (χ4n) is 2.37. The van der Waals surface area contributed by atoms with Gasteiger partial charge in [0, 0.05) is 25.2 Å². The molecule has 0 aliphatic carbocycles. The van der Waals surface area contributed by atoms with Crippen LogP contribution < -0.4 is 10.9 Å². The van der Waals surface area contributed by atoms with Crippen molar-refractivity contribution in [2.24, 2.45) is 14.1 Å². The quantitative estimate of drug-likeness (QED) is 0.794. The molecule has 0 radical (unpaired) electrons. The van der Waals surface area contributed by atoms with Gasteiger partial charge in [-0.15, -0.1) is 11.3 Å². The van der Waals surface area contributed by atoms with E-state index in [0.717, 1.165) is 17.1 Å². The van der Waals surface area contributed by atoms with E-state index in [2.05, 4.69) is 15.4 Å². The second-order valence-electron chi connectivity index (χ2n) is 5.32. The number of aromatic nitrogens is 4. The van der Waals surface area contributed by atoms with E-state index in [4.69, 9.17) is 0 Å². The second kappa shape index (κ2) is 5.62. The molecule has 3 heterocycles. The Morgan fingerprint density at radius 1 is 1.39 bits per heavy atom. The number of nitrogens with zero attached hydrogens (tertiary/aromatic N) is 4. The first-order valence-corrected chi connectivity index (χ1v) is 8.09. The van der Waals surface area contributed by atoms with Crippen LogP contribution in [0.25, 0.3) is 10.9 Å². The van der Waals surface area contributed by atoms with Crippen molar-refractivity contribution in [1.29, 1.82) is 0 Å². The van der Waals surface area contributed by atoms with Gasteiger partial charge in [0.15, 0.2) is 5.82 Å². The van der Waals surface area contributed by atoms with Crippen molar-refractivity contribution >= 4 is 34.0 Å². The van der Waals surface area contributed by atoms with E-state index in [1.807, 2.05) is 19.9 Å². The van der Waals surface area contributed by atoms with Gasteiger partial charge in [0.25, 0.3) is 11.5 Å². The van der Waals surface area contributed by atoms with Gasteiger partial charge in [0.05, 0.1) is 10.5 Å². The highest BCUT2D eigenvalue weighted by molar-refractivity contribution is 7.09. The minimum atomic E-state index is -0.358. The van der Waals surface area contributed by atoms with Crippen LogP contribution in [0.15, 0.2) is 16.2 Å². The van der Waals surface area contributed by atoms with Gasteiger partial charge in [-0.2, -0.15) is 5.10 Å². The number of pyridine rings is 1. The molecule has 7 nitrogen and oxygen atoms in total. The Balaban J connectivity index is 2.05. The minimum Gasteiger partial charge on any atom is -0.315 e. The lowest BCUT2D eigenvalue weighted by atomic mass is 10.2. The third kappa shape index (κ3) is 2.55. The summed E-state index contributed by atoms with van der Waals surface area (Å²) in [6, 6.07) is 1.87. The summed E-state index contributed by atoms with van der Waals surface area (Å²) in [5, 5.41) is 9.99. The van der Waals surface area contributed by atoms with Crippen LogP contribution in [0.5, 0.6) is 0 Å². The molecule has 3 aromatic heterocycles. The highest BCUT2D eigenvalue weighted by atomic mass is 32.1.